The minimum atomic E-state index is -0.367. The normalized spacial score (nSPS) is 24.0. The Balaban J connectivity index is 1.50. The molecule has 2 atom stereocenters. The van der Waals surface area contributed by atoms with Gasteiger partial charge < -0.3 is 10.2 Å². The van der Waals surface area contributed by atoms with E-state index < -0.39 is 0 Å². The fourth-order valence-electron chi connectivity index (χ4n) is 3.71. The molecule has 1 aliphatic heterocycles. The van der Waals surface area contributed by atoms with Crippen LogP contribution in [0.25, 0.3) is 0 Å². The smallest absolute Gasteiger partial charge is 0.270 e. The van der Waals surface area contributed by atoms with E-state index >= 15 is 0 Å². The van der Waals surface area contributed by atoms with Crippen LogP contribution in [0, 0.1) is 11.8 Å². The molecule has 124 valence electrons. The van der Waals surface area contributed by atoms with Crippen LogP contribution in [0.2, 0.25) is 5.02 Å². The Kier molecular flexibility index (Phi) is 5.16. The number of halogens is 1. The molecule has 0 bridgehead atoms. The fraction of sp³-hybridized carbons (Fsp3) is 0.588. The third kappa shape index (κ3) is 4.02. The van der Waals surface area contributed by atoms with Crippen molar-refractivity contribution >= 4 is 23.4 Å². The Labute approximate surface area is 141 Å². The van der Waals surface area contributed by atoms with Crippen molar-refractivity contribution in [3.05, 3.63) is 29.0 Å². The van der Waals surface area contributed by atoms with Crippen molar-refractivity contribution in [1.29, 1.82) is 0 Å². The molecule has 2 amide bonds. The lowest BCUT2D eigenvalue weighted by Gasteiger charge is -2.41. The number of aromatic nitrogens is 1. The van der Waals surface area contributed by atoms with E-state index in [0.29, 0.717) is 10.9 Å². The summed E-state index contributed by atoms with van der Waals surface area (Å²) in [6.07, 6.45) is 7.72. The Morgan fingerprint density at radius 2 is 2.04 bits per heavy atom. The molecular weight excluding hydrogens is 314 g/mol. The predicted octanol–water partition coefficient (Wildman–Crippen LogP) is 2.50. The number of carbonyl (C=O) groups is 2. The highest BCUT2D eigenvalue weighted by molar-refractivity contribution is 6.30. The molecule has 0 aromatic carbocycles. The van der Waals surface area contributed by atoms with Gasteiger partial charge in [-0.3, -0.25) is 14.6 Å². The number of carbonyl (C=O) groups excluding carboxylic acids is 2. The van der Waals surface area contributed by atoms with Crippen molar-refractivity contribution in [3.8, 4) is 0 Å². The van der Waals surface area contributed by atoms with Crippen LogP contribution in [-0.2, 0) is 4.79 Å². The van der Waals surface area contributed by atoms with E-state index in [0.717, 1.165) is 25.4 Å². The average molecular weight is 336 g/mol. The third-order valence-electron chi connectivity index (χ3n) is 5.00. The van der Waals surface area contributed by atoms with Crippen LogP contribution < -0.4 is 5.32 Å². The van der Waals surface area contributed by atoms with Gasteiger partial charge in [0.25, 0.3) is 5.91 Å². The second kappa shape index (κ2) is 7.30. The molecule has 2 aliphatic rings. The second-order valence-corrected chi connectivity index (χ2v) is 6.91. The molecule has 0 unspecified atom stereocenters. The standard InChI is InChI=1S/C17H22ClN3O2/c18-14-5-7-19-15(9-14)17(23)20-10-16(22)21-8-6-12-3-1-2-4-13(12)11-21/h5,7,9,12-13H,1-4,6,8,10-11H2,(H,20,23)/t12-,13+/m0/s1. The van der Waals surface area contributed by atoms with Crippen LogP contribution in [0.1, 0.15) is 42.6 Å². The monoisotopic (exact) mass is 335 g/mol. The minimum Gasteiger partial charge on any atom is -0.342 e. The van der Waals surface area contributed by atoms with Gasteiger partial charge >= 0.3 is 0 Å². The molecule has 1 aliphatic carbocycles. The maximum Gasteiger partial charge on any atom is 0.270 e. The largest absolute Gasteiger partial charge is 0.342 e. The van der Waals surface area contributed by atoms with Gasteiger partial charge in [0.15, 0.2) is 0 Å². The first-order valence-corrected chi connectivity index (χ1v) is 8.69. The van der Waals surface area contributed by atoms with Crippen LogP contribution in [0.4, 0.5) is 0 Å². The van der Waals surface area contributed by atoms with E-state index in [4.69, 9.17) is 11.6 Å². The molecule has 2 heterocycles. The zero-order valence-electron chi connectivity index (χ0n) is 13.1. The van der Waals surface area contributed by atoms with Gasteiger partial charge in [-0.05, 0) is 36.8 Å². The molecule has 1 aromatic rings. The summed E-state index contributed by atoms with van der Waals surface area (Å²) in [6, 6.07) is 3.10. The highest BCUT2D eigenvalue weighted by Gasteiger charge is 2.32. The molecule has 0 radical (unpaired) electrons. The Bertz CT molecular complexity index is 593. The lowest BCUT2D eigenvalue weighted by molar-refractivity contribution is -0.133. The summed E-state index contributed by atoms with van der Waals surface area (Å²) in [5, 5.41) is 3.10. The number of likely N-dealkylation sites (tertiary alicyclic amines) is 1. The van der Waals surface area contributed by atoms with Crippen LogP contribution in [0.15, 0.2) is 18.3 Å². The minimum absolute atomic E-state index is 0.00981. The van der Waals surface area contributed by atoms with E-state index in [1.165, 1.54) is 37.9 Å². The fourth-order valence-corrected chi connectivity index (χ4v) is 3.87. The summed E-state index contributed by atoms with van der Waals surface area (Å²) in [7, 11) is 0. The van der Waals surface area contributed by atoms with Gasteiger partial charge in [-0.2, -0.15) is 0 Å². The number of hydrogen-bond donors (Lipinski definition) is 1. The van der Waals surface area contributed by atoms with Gasteiger partial charge in [0.1, 0.15) is 5.69 Å². The first-order valence-electron chi connectivity index (χ1n) is 8.31. The summed E-state index contributed by atoms with van der Waals surface area (Å²) in [6.45, 7) is 1.67. The number of rotatable bonds is 3. The van der Waals surface area contributed by atoms with Gasteiger partial charge in [0.05, 0.1) is 6.54 Å². The lowest BCUT2D eigenvalue weighted by atomic mass is 9.75. The Morgan fingerprint density at radius 3 is 2.83 bits per heavy atom. The van der Waals surface area contributed by atoms with Crippen LogP contribution in [-0.4, -0.2) is 41.3 Å². The average Bonchev–Trinajstić information content (AvgIpc) is 2.59. The summed E-state index contributed by atoms with van der Waals surface area (Å²) in [5.74, 6) is 1.06. The number of piperidine rings is 1. The number of pyridine rings is 1. The Hall–Kier alpha value is -1.62. The first kappa shape index (κ1) is 16.2. The summed E-state index contributed by atoms with van der Waals surface area (Å²) in [5.41, 5.74) is 0.233. The first-order chi connectivity index (χ1) is 11.1. The van der Waals surface area contributed by atoms with E-state index in [2.05, 4.69) is 10.3 Å². The zero-order chi connectivity index (χ0) is 16.2. The number of nitrogens with zero attached hydrogens (tertiary/aromatic N) is 2. The quantitative estimate of drug-likeness (QED) is 0.923. The highest BCUT2D eigenvalue weighted by Crippen LogP contribution is 2.35. The number of fused-ring (bicyclic) bond motifs is 1. The predicted molar refractivity (Wildman–Crippen MR) is 88.2 cm³/mol. The number of amides is 2. The Morgan fingerprint density at radius 1 is 1.26 bits per heavy atom. The molecule has 6 heteroatoms. The van der Waals surface area contributed by atoms with Gasteiger partial charge in [-0.15, -0.1) is 0 Å². The lowest BCUT2D eigenvalue weighted by Crippen LogP contribution is -2.48. The molecule has 2 fully saturated rings. The summed E-state index contributed by atoms with van der Waals surface area (Å²) >= 11 is 5.84. The molecule has 1 N–H and O–H groups in total. The molecule has 1 aromatic heterocycles. The van der Waals surface area contributed by atoms with Crippen molar-refractivity contribution in [1.82, 2.24) is 15.2 Å². The van der Waals surface area contributed by atoms with Gasteiger partial charge in [-0.1, -0.05) is 30.9 Å². The van der Waals surface area contributed by atoms with E-state index in [9.17, 15) is 9.59 Å². The van der Waals surface area contributed by atoms with Gasteiger partial charge in [0, 0.05) is 24.3 Å². The molecule has 5 nitrogen and oxygen atoms in total. The topological polar surface area (TPSA) is 62.3 Å². The van der Waals surface area contributed by atoms with Crippen LogP contribution >= 0.6 is 11.6 Å². The summed E-state index contributed by atoms with van der Waals surface area (Å²) in [4.78, 5) is 30.2. The molecule has 1 saturated heterocycles. The zero-order valence-corrected chi connectivity index (χ0v) is 13.9. The maximum absolute atomic E-state index is 12.3. The van der Waals surface area contributed by atoms with Crippen molar-refractivity contribution in [3.63, 3.8) is 0 Å². The highest BCUT2D eigenvalue weighted by atomic mass is 35.5. The van der Waals surface area contributed by atoms with Crippen LogP contribution in [0.3, 0.4) is 0 Å². The van der Waals surface area contributed by atoms with E-state index in [1.807, 2.05) is 4.90 Å². The van der Waals surface area contributed by atoms with Crippen molar-refractivity contribution in [2.75, 3.05) is 19.6 Å². The molecule has 1 saturated carbocycles. The molecule has 0 spiro atoms. The van der Waals surface area contributed by atoms with Crippen molar-refractivity contribution < 1.29 is 9.59 Å². The number of nitrogens with one attached hydrogen (secondary N) is 1. The van der Waals surface area contributed by atoms with Gasteiger partial charge in [-0.25, -0.2) is 0 Å². The van der Waals surface area contributed by atoms with Gasteiger partial charge in [0.2, 0.25) is 5.91 Å². The third-order valence-corrected chi connectivity index (χ3v) is 5.23. The molecule has 3 rings (SSSR count). The van der Waals surface area contributed by atoms with Crippen molar-refractivity contribution in [2.45, 2.75) is 32.1 Å². The van der Waals surface area contributed by atoms with Crippen molar-refractivity contribution in [2.24, 2.45) is 11.8 Å². The molecule has 23 heavy (non-hydrogen) atoms. The maximum atomic E-state index is 12.3. The summed E-state index contributed by atoms with van der Waals surface area (Å²) < 4.78 is 0. The van der Waals surface area contributed by atoms with Crippen LogP contribution in [0.5, 0.6) is 0 Å². The number of hydrogen-bond acceptors (Lipinski definition) is 3. The van der Waals surface area contributed by atoms with E-state index in [-0.39, 0.29) is 24.1 Å². The SMILES string of the molecule is O=C(NCC(=O)N1CC[C@@H]2CCCC[C@@H]2C1)c1cc(Cl)ccn1. The van der Waals surface area contributed by atoms with E-state index in [1.54, 1.807) is 6.07 Å². The molecular formula is C17H22ClN3O2. The second-order valence-electron chi connectivity index (χ2n) is 6.48.